The van der Waals surface area contributed by atoms with Gasteiger partial charge in [0.15, 0.2) is 0 Å². The largest absolute Gasteiger partial charge is 0.369 e. The molecule has 2 nitrogen and oxygen atoms in total. The molecule has 0 spiro atoms. The maximum absolute atomic E-state index is 10.7. The van der Waals surface area contributed by atoms with E-state index in [0.717, 1.165) is 0 Å². The van der Waals surface area contributed by atoms with Crippen LogP contribution in [0.3, 0.4) is 0 Å². The van der Waals surface area contributed by atoms with Crippen LogP contribution in [-0.4, -0.2) is 23.0 Å². The number of amides is 1. The molecule has 0 aliphatic carbocycles. The van der Waals surface area contributed by atoms with Crippen molar-refractivity contribution in [3.63, 3.8) is 0 Å². The zero-order valence-electron chi connectivity index (χ0n) is 5.24. The fourth-order valence-electron chi connectivity index (χ4n) is 0.305. The predicted molar refractivity (Wildman–Crippen MR) is 46.9 cm³/mol. The molecule has 0 aromatic rings. The van der Waals surface area contributed by atoms with Crippen LogP contribution >= 0.6 is 39.1 Å². The molecular formula is C5H8BrCl2NO. The first-order chi connectivity index (χ1) is 4.63. The normalized spacial score (nSPS) is 11.5. The van der Waals surface area contributed by atoms with Crippen LogP contribution in [0.4, 0.5) is 0 Å². The number of alkyl halides is 3. The molecule has 0 saturated heterocycles. The molecule has 0 saturated carbocycles. The van der Waals surface area contributed by atoms with Crippen LogP contribution in [0.5, 0.6) is 0 Å². The van der Waals surface area contributed by atoms with E-state index < -0.39 is 11.3 Å². The second-order valence-corrected chi connectivity index (χ2v) is 3.14. The summed E-state index contributed by atoms with van der Waals surface area (Å²) in [7, 11) is 0. The first kappa shape index (κ1) is 10.5. The molecule has 2 N–H and O–H groups in total. The van der Waals surface area contributed by atoms with Crippen molar-refractivity contribution in [1.29, 1.82) is 0 Å². The van der Waals surface area contributed by atoms with Gasteiger partial charge in [-0.05, 0) is 0 Å². The second-order valence-electron chi connectivity index (χ2n) is 2.05. The van der Waals surface area contributed by atoms with Crippen molar-refractivity contribution in [3.8, 4) is 0 Å². The average Bonchev–Trinajstić information content (AvgIpc) is 1.92. The minimum atomic E-state index is -0.789. The smallest absolute Gasteiger partial charge is 0.226 e. The topological polar surface area (TPSA) is 43.1 Å². The minimum absolute atomic E-state index is 0.150. The van der Waals surface area contributed by atoms with Crippen molar-refractivity contribution < 1.29 is 4.79 Å². The van der Waals surface area contributed by atoms with Gasteiger partial charge in [0.1, 0.15) is 0 Å². The Morgan fingerprint density at radius 2 is 1.90 bits per heavy atom. The highest BCUT2D eigenvalue weighted by Crippen LogP contribution is 2.23. The van der Waals surface area contributed by atoms with Crippen LogP contribution in [0.1, 0.15) is 0 Å². The minimum Gasteiger partial charge on any atom is -0.369 e. The standard InChI is InChI=1S/C5H8BrCl2NO/c6-1-5(2-7,3-8)4(9)10/h1-3H2,(H2,9,10). The Morgan fingerprint density at radius 1 is 1.50 bits per heavy atom. The number of halogens is 3. The van der Waals surface area contributed by atoms with Gasteiger partial charge in [-0.3, -0.25) is 4.79 Å². The molecule has 0 aliphatic rings. The van der Waals surface area contributed by atoms with Crippen LogP contribution < -0.4 is 5.73 Å². The van der Waals surface area contributed by atoms with E-state index in [-0.39, 0.29) is 11.8 Å². The Morgan fingerprint density at radius 3 is 1.90 bits per heavy atom. The zero-order valence-corrected chi connectivity index (χ0v) is 8.34. The van der Waals surface area contributed by atoms with E-state index in [2.05, 4.69) is 15.9 Å². The molecular weight excluding hydrogens is 241 g/mol. The van der Waals surface area contributed by atoms with Gasteiger partial charge in [-0.1, -0.05) is 15.9 Å². The fraction of sp³-hybridized carbons (Fsp3) is 0.800. The average molecular weight is 249 g/mol. The van der Waals surface area contributed by atoms with E-state index >= 15 is 0 Å². The second kappa shape index (κ2) is 4.42. The summed E-state index contributed by atoms with van der Waals surface area (Å²) >= 11 is 14.1. The van der Waals surface area contributed by atoms with Crippen LogP contribution in [0.15, 0.2) is 0 Å². The number of carbonyl (C=O) groups excluding carboxylic acids is 1. The molecule has 60 valence electrons. The number of nitrogens with two attached hydrogens (primary N) is 1. The molecule has 0 fully saturated rings. The molecule has 0 heterocycles. The highest BCUT2D eigenvalue weighted by Gasteiger charge is 2.33. The molecule has 0 radical (unpaired) electrons. The van der Waals surface area contributed by atoms with Crippen molar-refractivity contribution in [2.75, 3.05) is 17.1 Å². The van der Waals surface area contributed by atoms with Crippen molar-refractivity contribution in [2.24, 2.45) is 11.1 Å². The first-order valence-electron chi connectivity index (χ1n) is 2.61. The summed E-state index contributed by atoms with van der Waals surface area (Å²) in [6.45, 7) is 0. The van der Waals surface area contributed by atoms with Gasteiger partial charge in [0.2, 0.25) is 5.91 Å². The SMILES string of the molecule is NC(=O)C(CCl)(CCl)CBr. The lowest BCUT2D eigenvalue weighted by Crippen LogP contribution is -2.41. The molecule has 5 heteroatoms. The van der Waals surface area contributed by atoms with E-state index in [1.54, 1.807) is 0 Å². The van der Waals surface area contributed by atoms with Crippen molar-refractivity contribution in [3.05, 3.63) is 0 Å². The van der Waals surface area contributed by atoms with Crippen molar-refractivity contribution in [1.82, 2.24) is 0 Å². The third kappa shape index (κ3) is 2.01. The summed E-state index contributed by atoms with van der Waals surface area (Å²) in [5, 5.41) is 0.405. The Balaban J connectivity index is 4.31. The summed E-state index contributed by atoms with van der Waals surface area (Å²) in [6, 6.07) is 0. The zero-order chi connectivity index (χ0) is 8.20. The van der Waals surface area contributed by atoms with Gasteiger partial charge in [0.05, 0.1) is 5.41 Å². The van der Waals surface area contributed by atoms with Crippen LogP contribution in [0.2, 0.25) is 0 Å². The lowest BCUT2D eigenvalue weighted by Gasteiger charge is -2.21. The first-order valence-corrected chi connectivity index (χ1v) is 4.80. The third-order valence-corrected chi connectivity index (χ3v) is 3.39. The molecule has 0 bridgehead atoms. The van der Waals surface area contributed by atoms with Gasteiger partial charge < -0.3 is 5.73 Å². The fourth-order valence-corrected chi connectivity index (χ4v) is 2.17. The highest BCUT2D eigenvalue weighted by atomic mass is 79.9. The van der Waals surface area contributed by atoms with Gasteiger partial charge in [-0.15, -0.1) is 23.2 Å². The summed E-state index contributed by atoms with van der Waals surface area (Å²) in [4.78, 5) is 10.7. The van der Waals surface area contributed by atoms with E-state index in [4.69, 9.17) is 28.9 Å². The van der Waals surface area contributed by atoms with E-state index in [0.29, 0.717) is 5.33 Å². The maximum Gasteiger partial charge on any atom is 0.226 e. The Bertz CT molecular complexity index is 119. The predicted octanol–water partition coefficient (Wildman–Crippen LogP) is 1.33. The summed E-state index contributed by atoms with van der Waals surface area (Å²) in [6.07, 6.45) is 0. The number of hydrogen-bond donors (Lipinski definition) is 1. The molecule has 10 heavy (non-hydrogen) atoms. The van der Waals surface area contributed by atoms with Crippen molar-refractivity contribution in [2.45, 2.75) is 0 Å². The van der Waals surface area contributed by atoms with E-state index in [9.17, 15) is 4.79 Å². The van der Waals surface area contributed by atoms with Crippen molar-refractivity contribution >= 4 is 45.0 Å². The maximum atomic E-state index is 10.7. The number of carbonyl (C=O) groups is 1. The van der Waals surface area contributed by atoms with Crippen LogP contribution in [-0.2, 0) is 4.79 Å². The summed E-state index contributed by atoms with van der Waals surface area (Å²) in [5.74, 6) is -0.164. The van der Waals surface area contributed by atoms with Gasteiger partial charge >= 0.3 is 0 Å². The highest BCUT2D eigenvalue weighted by molar-refractivity contribution is 9.09. The number of hydrogen-bond acceptors (Lipinski definition) is 1. The van der Waals surface area contributed by atoms with Crippen LogP contribution in [0.25, 0.3) is 0 Å². The Hall–Kier alpha value is 0.530. The number of rotatable bonds is 4. The summed E-state index contributed by atoms with van der Waals surface area (Å²) in [5.41, 5.74) is 4.28. The van der Waals surface area contributed by atoms with Crippen LogP contribution in [0, 0.1) is 5.41 Å². The molecule has 1 amide bonds. The molecule has 0 atom stereocenters. The molecule has 0 unspecified atom stereocenters. The summed E-state index contributed by atoms with van der Waals surface area (Å²) < 4.78 is 0. The monoisotopic (exact) mass is 247 g/mol. The van der Waals surface area contributed by atoms with Gasteiger partial charge in [-0.25, -0.2) is 0 Å². The van der Waals surface area contributed by atoms with E-state index in [1.807, 2.05) is 0 Å². The van der Waals surface area contributed by atoms with E-state index in [1.165, 1.54) is 0 Å². The van der Waals surface area contributed by atoms with Gasteiger partial charge in [0, 0.05) is 17.1 Å². The molecule has 0 aromatic carbocycles. The van der Waals surface area contributed by atoms with Gasteiger partial charge in [0.25, 0.3) is 0 Å². The molecule has 0 rings (SSSR count). The molecule has 0 aliphatic heterocycles. The lowest BCUT2D eigenvalue weighted by atomic mass is 9.95. The quantitative estimate of drug-likeness (QED) is 0.750. The molecule has 0 aromatic heterocycles. The third-order valence-electron chi connectivity index (χ3n) is 1.29. The van der Waals surface area contributed by atoms with Gasteiger partial charge in [-0.2, -0.15) is 0 Å². The Labute approximate surface area is 78.2 Å². The lowest BCUT2D eigenvalue weighted by molar-refractivity contribution is -0.124. The number of primary amides is 1. The Kier molecular flexibility index (Phi) is 4.65.